The molecule has 0 saturated carbocycles. The predicted octanol–water partition coefficient (Wildman–Crippen LogP) is 6.38. The van der Waals surface area contributed by atoms with Crippen molar-refractivity contribution in [1.82, 2.24) is 4.98 Å². The highest BCUT2D eigenvalue weighted by molar-refractivity contribution is 5.96. The van der Waals surface area contributed by atoms with E-state index >= 15 is 0 Å². The third-order valence-corrected chi connectivity index (χ3v) is 6.18. The Kier molecular flexibility index (Phi) is 9.15. The van der Waals surface area contributed by atoms with Gasteiger partial charge in [-0.25, -0.2) is 18.2 Å². The van der Waals surface area contributed by atoms with Gasteiger partial charge in [-0.1, -0.05) is 0 Å². The Balaban J connectivity index is 1.83. The topological polar surface area (TPSA) is 66.9 Å². The lowest BCUT2D eigenvalue weighted by Gasteiger charge is -2.28. The summed E-state index contributed by atoms with van der Waals surface area (Å²) in [5, 5.41) is 0. The smallest absolute Gasteiger partial charge is 0.272 e. The van der Waals surface area contributed by atoms with Crippen molar-refractivity contribution >= 4 is 5.78 Å². The number of rotatable bonds is 12. The van der Waals surface area contributed by atoms with E-state index in [2.05, 4.69) is 0 Å². The van der Waals surface area contributed by atoms with Crippen molar-refractivity contribution in [1.29, 1.82) is 0 Å². The molecular weight excluding hydrogens is 487 g/mol. The molecule has 0 aliphatic heterocycles. The molecule has 0 amide bonds. The zero-order chi connectivity index (χ0) is 27.2. The fraction of sp³-hybridized carbons (Fsp3) is 0.357. The molecular formula is C28H30F3NO5. The molecule has 3 aromatic rings. The van der Waals surface area contributed by atoms with Crippen LogP contribution in [0, 0.1) is 12.7 Å². The number of aromatic nitrogens is 1. The minimum absolute atomic E-state index is 0.115. The molecule has 37 heavy (non-hydrogen) atoms. The SMILES string of the molecule is COc1cc(C(=O)CCC(C)(OC)c2ccc(OC)c(-c3ccc(F)c(C)c3)n2)ccc1OCC(F)F. The summed E-state index contributed by atoms with van der Waals surface area (Å²) in [6.07, 6.45) is -2.21. The van der Waals surface area contributed by atoms with Crippen molar-refractivity contribution in [2.24, 2.45) is 0 Å². The number of carbonyl (C=O) groups excluding carboxylic acids is 1. The third kappa shape index (κ3) is 6.60. The lowest BCUT2D eigenvalue weighted by Crippen LogP contribution is -2.27. The van der Waals surface area contributed by atoms with Crippen molar-refractivity contribution in [2.75, 3.05) is 27.9 Å². The zero-order valence-corrected chi connectivity index (χ0v) is 21.4. The standard InChI is InChI=1S/C28H30F3NO5/c1-17-14-19(6-8-20(17)29)27-23(34-3)10-11-25(32-27)28(2,36-5)13-12-21(33)18-7-9-22(24(15-18)35-4)37-16-26(30)31/h6-11,14-15,26H,12-13,16H2,1-5H3. The molecule has 0 spiro atoms. The van der Waals surface area contributed by atoms with Gasteiger partial charge >= 0.3 is 0 Å². The van der Waals surface area contributed by atoms with E-state index in [0.29, 0.717) is 40.2 Å². The molecule has 0 aliphatic rings. The number of nitrogens with zero attached hydrogens (tertiary/aromatic N) is 1. The van der Waals surface area contributed by atoms with Crippen molar-refractivity contribution in [3.63, 3.8) is 0 Å². The molecule has 0 bridgehead atoms. The number of aryl methyl sites for hydroxylation is 1. The molecule has 0 fully saturated rings. The number of ketones is 1. The van der Waals surface area contributed by atoms with Crippen LogP contribution in [0.3, 0.4) is 0 Å². The average molecular weight is 518 g/mol. The molecule has 198 valence electrons. The van der Waals surface area contributed by atoms with Crippen molar-refractivity contribution in [3.8, 4) is 28.5 Å². The average Bonchev–Trinajstić information content (AvgIpc) is 2.91. The summed E-state index contributed by atoms with van der Waals surface area (Å²) in [7, 11) is 4.44. The Hall–Kier alpha value is -3.59. The Labute approximate surface area is 214 Å². The van der Waals surface area contributed by atoms with Gasteiger partial charge in [-0.3, -0.25) is 4.79 Å². The van der Waals surface area contributed by atoms with E-state index in [0.717, 1.165) is 0 Å². The first-order valence-corrected chi connectivity index (χ1v) is 11.6. The molecule has 1 atom stereocenters. The van der Waals surface area contributed by atoms with E-state index in [1.54, 1.807) is 31.2 Å². The second-order valence-electron chi connectivity index (χ2n) is 8.64. The van der Waals surface area contributed by atoms with E-state index in [-0.39, 0.29) is 29.5 Å². The number of Topliss-reactive ketones (excluding diaryl/α,β-unsaturated/α-hetero) is 1. The van der Waals surface area contributed by atoms with Crippen LogP contribution in [-0.4, -0.2) is 45.1 Å². The first kappa shape index (κ1) is 28.0. The van der Waals surface area contributed by atoms with Gasteiger partial charge < -0.3 is 18.9 Å². The van der Waals surface area contributed by atoms with Crippen LogP contribution in [0.1, 0.15) is 41.4 Å². The summed E-state index contributed by atoms with van der Waals surface area (Å²) in [5.41, 5.74) is 1.71. The molecule has 0 aliphatic carbocycles. The molecule has 6 nitrogen and oxygen atoms in total. The third-order valence-electron chi connectivity index (χ3n) is 6.18. The first-order valence-electron chi connectivity index (χ1n) is 11.6. The summed E-state index contributed by atoms with van der Waals surface area (Å²) in [4.78, 5) is 17.8. The Morgan fingerprint density at radius 2 is 1.68 bits per heavy atom. The quantitative estimate of drug-likeness (QED) is 0.260. The van der Waals surface area contributed by atoms with Crippen molar-refractivity contribution in [3.05, 3.63) is 71.2 Å². The molecule has 0 radical (unpaired) electrons. The number of hydrogen-bond donors (Lipinski definition) is 0. The minimum Gasteiger partial charge on any atom is -0.494 e. The van der Waals surface area contributed by atoms with Crippen LogP contribution in [0.5, 0.6) is 17.2 Å². The van der Waals surface area contributed by atoms with Crippen molar-refractivity contribution in [2.45, 2.75) is 38.7 Å². The molecule has 2 aromatic carbocycles. The van der Waals surface area contributed by atoms with Gasteiger partial charge in [0.05, 0.1) is 19.9 Å². The Morgan fingerprint density at radius 3 is 2.30 bits per heavy atom. The highest BCUT2D eigenvalue weighted by atomic mass is 19.3. The van der Waals surface area contributed by atoms with E-state index in [1.807, 2.05) is 6.92 Å². The summed E-state index contributed by atoms with van der Waals surface area (Å²) in [6, 6.07) is 12.6. The maximum absolute atomic E-state index is 13.8. The van der Waals surface area contributed by atoms with Gasteiger partial charge in [0.15, 0.2) is 17.3 Å². The number of ether oxygens (including phenoxy) is 4. The molecule has 9 heteroatoms. The van der Waals surface area contributed by atoms with Crippen molar-refractivity contribution < 1.29 is 36.9 Å². The fourth-order valence-corrected chi connectivity index (χ4v) is 3.85. The molecule has 1 heterocycles. The van der Waals surface area contributed by atoms with Crippen LogP contribution in [0.25, 0.3) is 11.3 Å². The highest BCUT2D eigenvalue weighted by Crippen LogP contribution is 2.36. The number of carbonyl (C=O) groups is 1. The molecule has 0 saturated heterocycles. The monoisotopic (exact) mass is 517 g/mol. The second-order valence-corrected chi connectivity index (χ2v) is 8.64. The molecule has 0 N–H and O–H groups in total. The molecule has 3 rings (SSSR count). The van der Waals surface area contributed by atoms with E-state index < -0.39 is 18.6 Å². The normalized spacial score (nSPS) is 12.8. The highest BCUT2D eigenvalue weighted by Gasteiger charge is 2.30. The summed E-state index contributed by atoms with van der Waals surface area (Å²) < 4.78 is 60.3. The van der Waals surface area contributed by atoms with Gasteiger partial charge in [0, 0.05) is 24.7 Å². The minimum atomic E-state index is -2.63. The maximum Gasteiger partial charge on any atom is 0.272 e. The van der Waals surface area contributed by atoms with Crippen LogP contribution in [-0.2, 0) is 10.3 Å². The van der Waals surface area contributed by atoms with Crippen LogP contribution < -0.4 is 14.2 Å². The lowest BCUT2D eigenvalue weighted by atomic mass is 9.91. The zero-order valence-electron chi connectivity index (χ0n) is 21.4. The number of benzene rings is 2. The molecule has 1 aromatic heterocycles. The molecule has 1 unspecified atom stereocenters. The van der Waals surface area contributed by atoms with Crippen LogP contribution in [0.4, 0.5) is 13.2 Å². The summed E-state index contributed by atoms with van der Waals surface area (Å²) >= 11 is 0. The van der Waals surface area contributed by atoms with E-state index in [4.69, 9.17) is 23.9 Å². The largest absolute Gasteiger partial charge is 0.494 e. The van der Waals surface area contributed by atoms with Gasteiger partial charge in [-0.2, -0.15) is 0 Å². The number of pyridine rings is 1. The number of hydrogen-bond acceptors (Lipinski definition) is 6. The van der Waals surface area contributed by atoms with Crippen LogP contribution in [0.2, 0.25) is 0 Å². The fourth-order valence-electron chi connectivity index (χ4n) is 3.85. The Bertz CT molecular complexity index is 1250. The predicted molar refractivity (Wildman–Crippen MR) is 133 cm³/mol. The summed E-state index contributed by atoms with van der Waals surface area (Å²) in [6.45, 7) is 2.73. The first-order chi connectivity index (χ1) is 17.6. The van der Waals surface area contributed by atoms with E-state index in [9.17, 15) is 18.0 Å². The van der Waals surface area contributed by atoms with E-state index in [1.165, 1.54) is 45.6 Å². The van der Waals surface area contributed by atoms with Gasteiger partial charge in [-0.05, 0) is 74.4 Å². The number of halogens is 3. The number of methoxy groups -OCH3 is 3. The van der Waals surface area contributed by atoms with Gasteiger partial charge in [0.2, 0.25) is 0 Å². The van der Waals surface area contributed by atoms with Gasteiger partial charge in [0.25, 0.3) is 6.43 Å². The summed E-state index contributed by atoms with van der Waals surface area (Å²) in [5.74, 6) is 0.337. The van der Waals surface area contributed by atoms with Gasteiger partial charge in [-0.15, -0.1) is 0 Å². The van der Waals surface area contributed by atoms with Crippen LogP contribution >= 0.6 is 0 Å². The second kappa shape index (κ2) is 12.1. The maximum atomic E-state index is 13.8. The Morgan fingerprint density at radius 1 is 0.973 bits per heavy atom. The number of alkyl halides is 2. The van der Waals surface area contributed by atoms with Gasteiger partial charge in [0.1, 0.15) is 29.5 Å². The lowest BCUT2D eigenvalue weighted by molar-refractivity contribution is -0.00973. The van der Waals surface area contributed by atoms with Crippen LogP contribution in [0.15, 0.2) is 48.5 Å².